The molecule has 3 aromatic rings. The van der Waals surface area contributed by atoms with E-state index in [1.807, 2.05) is 39.1 Å². The topological polar surface area (TPSA) is 87.3 Å². The Morgan fingerprint density at radius 3 is 2.51 bits per heavy atom. The van der Waals surface area contributed by atoms with Crippen LogP contribution in [0.25, 0.3) is 11.1 Å². The normalized spacial score (nSPS) is 15.6. The zero-order valence-corrected chi connectivity index (χ0v) is 23.7. The average molecular weight is 529 g/mol. The van der Waals surface area contributed by atoms with Crippen LogP contribution in [0.15, 0.2) is 35.3 Å². The first-order valence-corrected chi connectivity index (χ1v) is 14.3. The summed E-state index contributed by atoms with van der Waals surface area (Å²) in [7, 11) is 0. The second-order valence-corrected chi connectivity index (χ2v) is 10.9. The molecule has 1 aliphatic heterocycles. The van der Waals surface area contributed by atoms with Crippen molar-refractivity contribution in [3.63, 3.8) is 0 Å². The van der Waals surface area contributed by atoms with Crippen molar-refractivity contribution in [2.24, 2.45) is 0 Å². The van der Waals surface area contributed by atoms with Crippen LogP contribution in [-0.4, -0.2) is 41.7 Å². The molecule has 0 bridgehead atoms. The Morgan fingerprint density at radius 1 is 1.08 bits per heavy atom. The minimum absolute atomic E-state index is 0.0954. The summed E-state index contributed by atoms with van der Waals surface area (Å²) >= 11 is 0. The smallest absolute Gasteiger partial charge is 0.253 e. The van der Waals surface area contributed by atoms with E-state index in [2.05, 4.69) is 39.2 Å². The summed E-state index contributed by atoms with van der Waals surface area (Å²) in [5, 5.41) is 3.10. The quantitative estimate of drug-likeness (QED) is 0.442. The van der Waals surface area contributed by atoms with Crippen LogP contribution in [0.1, 0.15) is 76.6 Å². The van der Waals surface area contributed by atoms with Gasteiger partial charge in [-0.3, -0.25) is 14.6 Å². The molecule has 1 saturated heterocycles. The van der Waals surface area contributed by atoms with Gasteiger partial charge in [-0.2, -0.15) is 0 Å². The molecule has 2 N–H and O–H groups in total. The van der Waals surface area contributed by atoms with Crippen LogP contribution < -0.4 is 15.8 Å². The summed E-state index contributed by atoms with van der Waals surface area (Å²) in [6.45, 7) is 10.7. The summed E-state index contributed by atoms with van der Waals surface area (Å²) in [5.74, 6) is -0.164. The third kappa shape index (κ3) is 5.64. The largest absolute Gasteiger partial charge is 0.381 e. The molecule has 206 valence electrons. The number of aromatic amines is 1. The number of benzene rings is 1. The van der Waals surface area contributed by atoms with Crippen LogP contribution in [0.4, 0.5) is 5.69 Å². The van der Waals surface area contributed by atoms with Gasteiger partial charge < -0.3 is 19.9 Å². The average Bonchev–Trinajstić information content (AvgIpc) is 2.95. The SMILES string of the molecule is CCN(c1cc(-c2ccc(C)nc2)cc(C(=O)NCc2c3c(c(C)[nH]c2=O)CCCC3)c1C)C1CCOCC1. The maximum absolute atomic E-state index is 13.8. The van der Waals surface area contributed by atoms with Crippen molar-refractivity contribution in [1.82, 2.24) is 15.3 Å². The fraction of sp³-hybridized carbons (Fsp3) is 0.469. The summed E-state index contributed by atoms with van der Waals surface area (Å²) in [6.07, 6.45) is 7.88. The Hall–Kier alpha value is -3.45. The van der Waals surface area contributed by atoms with E-state index in [4.69, 9.17) is 4.74 Å². The van der Waals surface area contributed by atoms with Gasteiger partial charge in [-0.1, -0.05) is 6.07 Å². The van der Waals surface area contributed by atoms with Gasteiger partial charge in [-0.05, 0) is 107 Å². The van der Waals surface area contributed by atoms with Crippen molar-refractivity contribution in [3.05, 3.63) is 80.0 Å². The number of aromatic nitrogens is 2. The number of anilines is 1. The van der Waals surface area contributed by atoms with Crippen molar-refractivity contribution in [2.75, 3.05) is 24.7 Å². The zero-order chi connectivity index (χ0) is 27.5. The number of nitrogens with zero attached hydrogens (tertiary/aromatic N) is 2. The minimum atomic E-state index is -0.164. The van der Waals surface area contributed by atoms with Crippen molar-refractivity contribution in [1.29, 1.82) is 0 Å². The Kier molecular flexibility index (Phi) is 8.17. The molecule has 0 radical (unpaired) electrons. The van der Waals surface area contributed by atoms with Gasteiger partial charge in [0, 0.05) is 72.3 Å². The number of amides is 1. The number of H-pyrrole nitrogens is 1. The van der Waals surface area contributed by atoms with E-state index in [9.17, 15) is 9.59 Å². The highest BCUT2D eigenvalue weighted by atomic mass is 16.5. The van der Waals surface area contributed by atoms with Gasteiger partial charge in [0.15, 0.2) is 0 Å². The van der Waals surface area contributed by atoms with E-state index in [1.54, 1.807) is 0 Å². The van der Waals surface area contributed by atoms with Crippen LogP contribution in [-0.2, 0) is 24.1 Å². The molecule has 1 amide bonds. The summed E-state index contributed by atoms with van der Waals surface area (Å²) in [4.78, 5) is 36.6. The Morgan fingerprint density at radius 2 is 1.82 bits per heavy atom. The molecular weight excluding hydrogens is 488 g/mol. The minimum Gasteiger partial charge on any atom is -0.381 e. The van der Waals surface area contributed by atoms with Crippen LogP contribution in [0.5, 0.6) is 0 Å². The molecule has 2 aliphatic rings. The summed E-state index contributed by atoms with van der Waals surface area (Å²) in [6, 6.07) is 8.58. The molecule has 1 aromatic carbocycles. The molecular formula is C32H40N4O3. The van der Waals surface area contributed by atoms with E-state index in [-0.39, 0.29) is 18.0 Å². The van der Waals surface area contributed by atoms with Crippen molar-refractivity contribution < 1.29 is 9.53 Å². The number of fused-ring (bicyclic) bond motifs is 1. The number of hydrogen-bond donors (Lipinski definition) is 2. The molecule has 1 aliphatic carbocycles. The number of rotatable bonds is 7. The number of aryl methyl sites for hydroxylation is 2. The van der Waals surface area contributed by atoms with Gasteiger partial charge in [-0.15, -0.1) is 0 Å². The van der Waals surface area contributed by atoms with Gasteiger partial charge in [0.25, 0.3) is 11.5 Å². The van der Waals surface area contributed by atoms with E-state index in [0.717, 1.165) is 97.6 Å². The molecule has 2 aromatic heterocycles. The molecule has 0 unspecified atom stereocenters. The van der Waals surface area contributed by atoms with E-state index >= 15 is 0 Å². The second kappa shape index (κ2) is 11.7. The maximum Gasteiger partial charge on any atom is 0.253 e. The predicted molar refractivity (Wildman–Crippen MR) is 156 cm³/mol. The van der Waals surface area contributed by atoms with E-state index in [1.165, 1.54) is 5.56 Å². The molecule has 1 fully saturated rings. The van der Waals surface area contributed by atoms with Gasteiger partial charge in [0.1, 0.15) is 0 Å². The van der Waals surface area contributed by atoms with Gasteiger partial charge in [0.2, 0.25) is 0 Å². The number of nitrogens with one attached hydrogen (secondary N) is 2. The number of pyridine rings is 2. The third-order valence-corrected chi connectivity index (χ3v) is 8.44. The predicted octanol–water partition coefficient (Wildman–Crippen LogP) is 5.18. The Bertz CT molecular complexity index is 1400. The van der Waals surface area contributed by atoms with Gasteiger partial charge in [-0.25, -0.2) is 0 Å². The molecule has 5 rings (SSSR count). The van der Waals surface area contributed by atoms with Crippen molar-refractivity contribution >= 4 is 11.6 Å². The summed E-state index contributed by atoms with van der Waals surface area (Å²) < 4.78 is 5.63. The molecule has 3 heterocycles. The highest BCUT2D eigenvalue weighted by Crippen LogP contribution is 2.34. The lowest BCUT2D eigenvalue weighted by Crippen LogP contribution is -2.40. The highest BCUT2D eigenvalue weighted by molar-refractivity contribution is 5.99. The lowest BCUT2D eigenvalue weighted by atomic mass is 9.88. The van der Waals surface area contributed by atoms with Gasteiger partial charge in [0.05, 0.1) is 0 Å². The molecule has 0 spiro atoms. The first kappa shape index (κ1) is 27.1. The Labute approximate surface area is 231 Å². The van der Waals surface area contributed by atoms with E-state index in [0.29, 0.717) is 17.2 Å². The molecule has 7 heteroatoms. The first-order chi connectivity index (χ1) is 18.9. The van der Waals surface area contributed by atoms with Gasteiger partial charge >= 0.3 is 0 Å². The fourth-order valence-electron chi connectivity index (χ4n) is 6.22. The van der Waals surface area contributed by atoms with Crippen LogP contribution in [0, 0.1) is 20.8 Å². The summed E-state index contributed by atoms with van der Waals surface area (Å²) in [5.41, 5.74) is 9.45. The Balaban J connectivity index is 1.51. The molecule has 0 saturated carbocycles. The second-order valence-electron chi connectivity index (χ2n) is 10.9. The third-order valence-electron chi connectivity index (χ3n) is 8.44. The van der Waals surface area contributed by atoms with Crippen LogP contribution in [0.3, 0.4) is 0 Å². The number of hydrogen-bond acceptors (Lipinski definition) is 5. The van der Waals surface area contributed by atoms with E-state index < -0.39 is 0 Å². The highest BCUT2D eigenvalue weighted by Gasteiger charge is 2.25. The van der Waals surface area contributed by atoms with Crippen molar-refractivity contribution in [2.45, 2.75) is 78.8 Å². The van der Waals surface area contributed by atoms with Crippen molar-refractivity contribution in [3.8, 4) is 11.1 Å². The fourth-order valence-corrected chi connectivity index (χ4v) is 6.22. The first-order valence-electron chi connectivity index (χ1n) is 14.3. The zero-order valence-electron chi connectivity index (χ0n) is 23.7. The number of carbonyl (C=O) groups is 1. The van der Waals surface area contributed by atoms with Crippen LogP contribution >= 0.6 is 0 Å². The molecule has 0 atom stereocenters. The lowest BCUT2D eigenvalue weighted by Gasteiger charge is -2.37. The van der Waals surface area contributed by atoms with Crippen LogP contribution in [0.2, 0.25) is 0 Å². The lowest BCUT2D eigenvalue weighted by molar-refractivity contribution is 0.0846. The number of carbonyl (C=O) groups excluding carboxylic acids is 1. The number of ether oxygens (including phenoxy) is 1. The standard InChI is InChI=1S/C32H40N4O3/c1-5-36(25-12-14-39-15-13-25)30-17-24(23-11-10-20(2)33-18-23)16-28(21(30)3)31(37)34-19-29-27-9-7-6-8-26(27)22(4)35-32(29)38/h10-11,16-18,25H,5-9,12-15,19H2,1-4H3,(H,34,37)(H,35,38). The molecule has 39 heavy (non-hydrogen) atoms. The molecule has 7 nitrogen and oxygen atoms in total. The monoisotopic (exact) mass is 528 g/mol. The maximum atomic E-state index is 13.8.